The first-order valence-corrected chi connectivity index (χ1v) is 14.6. The number of aliphatic hydroxyl groups is 2. The lowest BCUT2D eigenvalue weighted by atomic mass is 10.1. The maximum atomic E-state index is 14.2. The number of H-pyrrole nitrogens is 1. The highest BCUT2D eigenvalue weighted by Gasteiger charge is 2.49. The zero-order chi connectivity index (χ0) is 29.3. The van der Waals surface area contributed by atoms with Crippen LogP contribution in [0.3, 0.4) is 0 Å². The number of aliphatic hydroxyl groups excluding tert-OH is 2. The monoisotopic (exact) mass is 600 g/mol. The second-order valence-corrected chi connectivity index (χ2v) is 11.9. The van der Waals surface area contributed by atoms with E-state index in [1.54, 1.807) is 4.67 Å². The number of hydrogen-bond donors (Lipinski definition) is 4. The molecule has 3 saturated heterocycles. The van der Waals surface area contributed by atoms with Gasteiger partial charge in [0, 0.05) is 45.1 Å². The van der Waals surface area contributed by atoms with Crippen molar-refractivity contribution in [2.24, 2.45) is 0 Å². The third-order valence-electron chi connectivity index (χ3n) is 7.33. The van der Waals surface area contributed by atoms with E-state index in [1.165, 1.54) is 30.1 Å². The zero-order valence-corrected chi connectivity index (χ0v) is 23.1. The fourth-order valence-corrected chi connectivity index (χ4v) is 7.25. The number of nitrogens with one attached hydrogen (secondary N) is 1. The van der Waals surface area contributed by atoms with Crippen LogP contribution in [0.25, 0.3) is 0 Å². The van der Waals surface area contributed by atoms with E-state index in [4.69, 9.17) is 29.0 Å². The molecule has 0 amide bonds. The first-order chi connectivity index (χ1) is 19.6. The number of nitrogens with zero attached hydrogens (tertiary/aromatic N) is 4. The van der Waals surface area contributed by atoms with E-state index in [0.29, 0.717) is 13.1 Å². The lowest BCUT2D eigenvalue weighted by Crippen LogP contribution is -2.39. The number of hydrogen-bond acceptors (Lipinski definition) is 13. The molecule has 5 rings (SSSR count). The Kier molecular flexibility index (Phi) is 8.89. The van der Waals surface area contributed by atoms with Crippen molar-refractivity contribution in [2.75, 3.05) is 39.1 Å². The van der Waals surface area contributed by atoms with Gasteiger partial charge in [-0.05, 0) is 18.9 Å². The van der Waals surface area contributed by atoms with Gasteiger partial charge < -0.3 is 30.2 Å². The number of anilines is 1. The van der Waals surface area contributed by atoms with Crippen molar-refractivity contribution in [3.8, 4) is 0 Å². The van der Waals surface area contributed by atoms with E-state index in [0.717, 1.165) is 23.5 Å². The minimum Gasteiger partial charge on any atom is -0.394 e. The SMILES string of the molecule is CO[C@H]1C(O)[C@@H](COP(=O)(OC2C[C@H](n3ccc(N)nc3=O)O[C@@H]2CO)N2CCCC2)O[C@H]1n1ccc(=O)[nH]c1=O. The standard InChI is InChI=1S/C23H33N6O11P/c1-36-20-19(32)15(39-21(20)29-9-5-17(31)26-23(29)34)12-37-41(35,27-6-2-3-7-27)40-13-10-18(38-14(13)11-30)28-8-4-16(24)25-22(28)33/h4-5,8-9,13-15,18-21,30,32H,2-3,6-7,10-12H2,1H3,(H2,24,25,33)(H,26,31,34)/t13?,14-,15-,18-,19?,20+,21-,41?/m1/s1. The van der Waals surface area contributed by atoms with E-state index in [9.17, 15) is 29.2 Å². The molecule has 3 fully saturated rings. The summed E-state index contributed by atoms with van der Waals surface area (Å²) in [6.07, 6.45) is -2.98. The van der Waals surface area contributed by atoms with Gasteiger partial charge in [-0.25, -0.2) is 18.8 Å². The lowest BCUT2D eigenvalue weighted by Gasteiger charge is -2.30. The fourth-order valence-electron chi connectivity index (χ4n) is 5.22. The quantitative estimate of drug-likeness (QED) is 0.229. The highest BCUT2D eigenvalue weighted by molar-refractivity contribution is 7.51. The molecular weight excluding hydrogens is 567 g/mol. The molecule has 5 N–H and O–H groups in total. The largest absolute Gasteiger partial charge is 0.408 e. The van der Waals surface area contributed by atoms with Crippen molar-refractivity contribution in [2.45, 2.75) is 62.2 Å². The lowest BCUT2D eigenvalue weighted by molar-refractivity contribution is -0.0648. The first-order valence-electron chi connectivity index (χ1n) is 13.1. The van der Waals surface area contributed by atoms with E-state index in [2.05, 4.69) is 9.97 Å². The van der Waals surface area contributed by atoms with Crippen LogP contribution in [0.5, 0.6) is 0 Å². The third kappa shape index (κ3) is 6.09. The number of rotatable bonds is 10. The molecule has 3 aliphatic heterocycles. The Bertz CT molecular complexity index is 1440. The number of nitrogens with two attached hydrogens (primary N) is 1. The Balaban J connectivity index is 1.33. The average Bonchev–Trinajstić information content (AvgIpc) is 3.67. The summed E-state index contributed by atoms with van der Waals surface area (Å²) in [5.41, 5.74) is 3.56. The highest BCUT2D eigenvalue weighted by Crippen LogP contribution is 2.56. The Morgan fingerprint density at radius 3 is 2.54 bits per heavy atom. The Morgan fingerprint density at radius 2 is 1.88 bits per heavy atom. The number of methoxy groups -OCH3 is 1. The average molecular weight is 601 g/mol. The first kappa shape index (κ1) is 29.8. The van der Waals surface area contributed by atoms with Crippen LogP contribution < -0.4 is 22.7 Å². The van der Waals surface area contributed by atoms with Crippen LogP contribution in [-0.4, -0.2) is 97.9 Å². The van der Waals surface area contributed by atoms with Crippen LogP contribution in [0.4, 0.5) is 5.82 Å². The van der Waals surface area contributed by atoms with Crippen molar-refractivity contribution in [3.63, 3.8) is 0 Å². The molecule has 226 valence electrons. The van der Waals surface area contributed by atoms with Crippen LogP contribution in [0.1, 0.15) is 31.7 Å². The van der Waals surface area contributed by atoms with Crippen LogP contribution in [0.15, 0.2) is 38.9 Å². The van der Waals surface area contributed by atoms with E-state index in [1.807, 2.05) is 0 Å². The molecule has 0 aromatic carbocycles. The molecule has 41 heavy (non-hydrogen) atoms. The Labute approximate surface area is 233 Å². The molecule has 2 aromatic heterocycles. The van der Waals surface area contributed by atoms with Gasteiger partial charge >= 0.3 is 19.1 Å². The van der Waals surface area contributed by atoms with Crippen molar-refractivity contribution >= 4 is 13.6 Å². The van der Waals surface area contributed by atoms with Crippen molar-refractivity contribution in [3.05, 3.63) is 55.8 Å². The summed E-state index contributed by atoms with van der Waals surface area (Å²) < 4.78 is 47.0. The second-order valence-electron chi connectivity index (χ2n) is 9.93. The van der Waals surface area contributed by atoms with Crippen LogP contribution in [0, 0.1) is 0 Å². The van der Waals surface area contributed by atoms with E-state index in [-0.39, 0.29) is 12.2 Å². The molecule has 0 aliphatic carbocycles. The van der Waals surface area contributed by atoms with Gasteiger partial charge in [-0.15, -0.1) is 0 Å². The smallest absolute Gasteiger partial charge is 0.394 e. The zero-order valence-electron chi connectivity index (χ0n) is 22.2. The number of nitrogen functional groups attached to an aromatic ring is 1. The topological polar surface area (TPSA) is 223 Å². The minimum absolute atomic E-state index is 0.0439. The summed E-state index contributed by atoms with van der Waals surface area (Å²) in [5, 5.41) is 20.9. The minimum atomic E-state index is -4.05. The van der Waals surface area contributed by atoms with Gasteiger partial charge in [0.25, 0.3) is 5.56 Å². The second kappa shape index (κ2) is 12.2. The third-order valence-corrected chi connectivity index (χ3v) is 9.44. The maximum Gasteiger partial charge on any atom is 0.408 e. The van der Waals surface area contributed by atoms with Gasteiger partial charge in [0.15, 0.2) is 6.23 Å². The normalized spacial score (nSPS) is 31.9. The molecule has 0 bridgehead atoms. The van der Waals surface area contributed by atoms with Crippen LogP contribution in [0.2, 0.25) is 0 Å². The highest BCUT2D eigenvalue weighted by atomic mass is 31.2. The molecule has 0 radical (unpaired) electrons. The van der Waals surface area contributed by atoms with Gasteiger partial charge in [-0.1, -0.05) is 0 Å². The Hall–Kier alpha value is -2.73. The summed E-state index contributed by atoms with van der Waals surface area (Å²) in [5.74, 6) is 0.0439. The van der Waals surface area contributed by atoms with Crippen molar-refractivity contribution in [1.82, 2.24) is 23.8 Å². The summed E-state index contributed by atoms with van der Waals surface area (Å²) in [7, 11) is -2.72. The van der Waals surface area contributed by atoms with Gasteiger partial charge in [0.1, 0.15) is 42.6 Å². The van der Waals surface area contributed by atoms with Gasteiger partial charge in [-0.3, -0.25) is 28.0 Å². The van der Waals surface area contributed by atoms with Gasteiger partial charge in [0.2, 0.25) is 0 Å². The van der Waals surface area contributed by atoms with E-state index < -0.39 is 80.9 Å². The molecule has 0 saturated carbocycles. The molecule has 17 nitrogen and oxygen atoms in total. The molecular formula is C23H33N6O11P. The predicted molar refractivity (Wildman–Crippen MR) is 140 cm³/mol. The number of aromatic nitrogens is 4. The fraction of sp³-hybridized carbons (Fsp3) is 0.652. The molecule has 3 aliphatic rings. The summed E-state index contributed by atoms with van der Waals surface area (Å²) >= 11 is 0. The number of ether oxygens (including phenoxy) is 3. The summed E-state index contributed by atoms with van der Waals surface area (Å²) in [4.78, 5) is 42.0. The van der Waals surface area contributed by atoms with Gasteiger partial charge in [-0.2, -0.15) is 4.98 Å². The molecule has 0 spiro atoms. The summed E-state index contributed by atoms with van der Waals surface area (Å²) in [6.45, 7) is -0.0351. The van der Waals surface area contributed by atoms with E-state index >= 15 is 0 Å². The molecule has 3 unspecified atom stereocenters. The Morgan fingerprint density at radius 1 is 1.15 bits per heavy atom. The molecule has 2 aromatic rings. The maximum absolute atomic E-state index is 14.2. The van der Waals surface area contributed by atoms with Crippen molar-refractivity contribution in [1.29, 1.82) is 0 Å². The molecule has 18 heteroatoms. The van der Waals surface area contributed by atoms with Crippen LogP contribution >= 0.6 is 7.75 Å². The summed E-state index contributed by atoms with van der Waals surface area (Å²) in [6, 6.07) is 2.56. The van der Waals surface area contributed by atoms with Crippen molar-refractivity contribution < 1.29 is 38.0 Å². The molecule has 8 atom stereocenters. The van der Waals surface area contributed by atoms with Crippen LogP contribution in [-0.2, 0) is 27.8 Å². The predicted octanol–water partition coefficient (Wildman–Crippen LogP) is -1.47. The molecule has 5 heterocycles. The number of aromatic amines is 1. The van der Waals surface area contributed by atoms with Gasteiger partial charge in [0.05, 0.1) is 13.2 Å².